The Kier molecular flexibility index (Phi) is 3.20. The van der Waals surface area contributed by atoms with Gasteiger partial charge in [-0.15, -0.1) is 0 Å². The Hall–Kier alpha value is -0.0400. The maximum atomic E-state index is 3.39. The zero-order valence-corrected chi connectivity index (χ0v) is 7.19. The van der Waals surface area contributed by atoms with Crippen molar-refractivity contribution in [2.24, 2.45) is 11.8 Å². The maximum Gasteiger partial charge on any atom is -0.00204 e. The summed E-state index contributed by atoms with van der Waals surface area (Å²) in [5.41, 5.74) is 0. The van der Waals surface area contributed by atoms with Gasteiger partial charge in [0.1, 0.15) is 0 Å². The van der Waals surface area contributed by atoms with Gasteiger partial charge >= 0.3 is 0 Å². The Morgan fingerprint density at radius 2 is 1.90 bits per heavy atom. The molecule has 0 aromatic rings. The van der Waals surface area contributed by atoms with Crippen LogP contribution >= 0.6 is 0 Å². The van der Waals surface area contributed by atoms with E-state index in [9.17, 15) is 0 Å². The van der Waals surface area contributed by atoms with Crippen molar-refractivity contribution in [1.82, 2.24) is 5.32 Å². The van der Waals surface area contributed by atoms with E-state index in [1.807, 2.05) is 0 Å². The summed E-state index contributed by atoms with van der Waals surface area (Å²) in [6.07, 6.45) is 4.34. The molecule has 0 aliphatic heterocycles. The molecule has 1 N–H and O–H groups in total. The second-order valence-electron chi connectivity index (χ2n) is 3.42. The highest BCUT2D eigenvalue weighted by Gasteiger charge is 2.26. The van der Waals surface area contributed by atoms with E-state index < -0.39 is 0 Å². The predicted molar refractivity (Wildman–Crippen MR) is 45.0 cm³/mol. The summed E-state index contributed by atoms with van der Waals surface area (Å²) in [7, 11) is 0. The lowest BCUT2D eigenvalue weighted by Gasteiger charge is -2.34. The fourth-order valence-corrected chi connectivity index (χ4v) is 1.72. The van der Waals surface area contributed by atoms with Gasteiger partial charge in [0.2, 0.25) is 0 Å². The smallest absolute Gasteiger partial charge is 0.00204 e. The second kappa shape index (κ2) is 3.97. The third kappa shape index (κ3) is 1.98. The molecule has 0 spiro atoms. The van der Waals surface area contributed by atoms with Crippen molar-refractivity contribution in [3.63, 3.8) is 0 Å². The molecule has 0 atom stereocenters. The molecular formula is C9H19N. The fraction of sp³-hybridized carbons (Fsp3) is 1.00. The molecule has 60 valence electrons. The molecule has 0 amide bonds. The number of nitrogens with one attached hydrogen (secondary N) is 1. The summed E-state index contributed by atoms with van der Waals surface area (Å²) >= 11 is 0. The molecule has 1 aliphatic rings. The van der Waals surface area contributed by atoms with E-state index in [1.165, 1.54) is 25.8 Å². The molecule has 1 nitrogen and oxygen atoms in total. The Balaban J connectivity index is 1.93. The molecule has 1 fully saturated rings. The first kappa shape index (κ1) is 8.06. The number of hydrogen-bond acceptors (Lipinski definition) is 1. The lowest BCUT2D eigenvalue weighted by molar-refractivity contribution is 0.184. The van der Waals surface area contributed by atoms with Crippen LogP contribution in [0.1, 0.15) is 33.1 Å². The van der Waals surface area contributed by atoms with Crippen molar-refractivity contribution in [3.8, 4) is 0 Å². The summed E-state index contributed by atoms with van der Waals surface area (Å²) in [5.74, 6) is 2.06. The zero-order valence-electron chi connectivity index (χ0n) is 7.19. The standard InChI is InChI=1S/C9H19N/c1-3-8-5-9(6-8)7-10-4-2/h8-10H,3-7H2,1-2H3. The Labute approximate surface area is 64.2 Å². The largest absolute Gasteiger partial charge is 0.317 e. The molecule has 10 heavy (non-hydrogen) atoms. The van der Waals surface area contributed by atoms with Gasteiger partial charge in [-0.05, 0) is 37.8 Å². The van der Waals surface area contributed by atoms with E-state index in [4.69, 9.17) is 0 Å². The summed E-state index contributed by atoms with van der Waals surface area (Å²) in [6.45, 7) is 6.87. The fourth-order valence-electron chi connectivity index (χ4n) is 1.72. The van der Waals surface area contributed by atoms with Crippen molar-refractivity contribution >= 4 is 0 Å². The zero-order chi connectivity index (χ0) is 7.40. The average Bonchev–Trinajstić information content (AvgIpc) is 1.86. The minimum Gasteiger partial charge on any atom is -0.317 e. The molecule has 0 unspecified atom stereocenters. The minimum absolute atomic E-state index is 1.00. The Morgan fingerprint density at radius 1 is 1.20 bits per heavy atom. The van der Waals surface area contributed by atoms with E-state index in [0.717, 1.165) is 18.4 Å². The van der Waals surface area contributed by atoms with Crippen molar-refractivity contribution in [2.45, 2.75) is 33.1 Å². The molecule has 0 heterocycles. The lowest BCUT2D eigenvalue weighted by atomic mass is 9.73. The summed E-state index contributed by atoms with van der Waals surface area (Å²) < 4.78 is 0. The van der Waals surface area contributed by atoms with Gasteiger partial charge in [-0.3, -0.25) is 0 Å². The van der Waals surface area contributed by atoms with Gasteiger partial charge in [0.15, 0.2) is 0 Å². The third-order valence-electron chi connectivity index (χ3n) is 2.59. The molecule has 0 radical (unpaired) electrons. The van der Waals surface area contributed by atoms with Crippen molar-refractivity contribution < 1.29 is 0 Å². The van der Waals surface area contributed by atoms with Crippen LogP contribution in [0.5, 0.6) is 0 Å². The van der Waals surface area contributed by atoms with Crippen LogP contribution in [0.25, 0.3) is 0 Å². The van der Waals surface area contributed by atoms with Crippen LogP contribution in [-0.2, 0) is 0 Å². The number of rotatable bonds is 4. The van der Waals surface area contributed by atoms with Gasteiger partial charge in [0, 0.05) is 0 Å². The molecule has 1 saturated carbocycles. The molecule has 0 bridgehead atoms. The van der Waals surface area contributed by atoms with E-state index in [-0.39, 0.29) is 0 Å². The molecule has 0 aromatic heterocycles. The lowest BCUT2D eigenvalue weighted by Crippen LogP contribution is -2.32. The topological polar surface area (TPSA) is 12.0 Å². The maximum absolute atomic E-state index is 3.39. The Bertz CT molecular complexity index is 82.0. The average molecular weight is 141 g/mol. The van der Waals surface area contributed by atoms with Gasteiger partial charge < -0.3 is 5.32 Å². The van der Waals surface area contributed by atoms with Crippen molar-refractivity contribution in [2.75, 3.05) is 13.1 Å². The Morgan fingerprint density at radius 3 is 2.40 bits per heavy atom. The van der Waals surface area contributed by atoms with Crippen LogP contribution in [0.2, 0.25) is 0 Å². The number of hydrogen-bond donors (Lipinski definition) is 1. The first-order valence-corrected chi connectivity index (χ1v) is 4.57. The molecule has 0 saturated heterocycles. The van der Waals surface area contributed by atoms with Gasteiger partial charge in [-0.25, -0.2) is 0 Å². The van der Waals surface area contributed by atoms with Crippen LogP contribution in [-0.4, -0.2) is 13.1 Å². The molecule has 1 heteroatoms. The van der Waals surface area contributed by atoms with Crippen LogP contribution in [0.4, 0.5) is 0 Å². The van der Waals surface area contributed by atoms with Crippen LogP contribution < -0.4 is 5.32 Å². The summed E-state index contributed by atoms with van der Waals surface area (Å²) in [5, 5.41) is 3.39. The first-order chi connectivity index (χ1) is 4.86. The molecule has 1 rings (SSSR count). The van der Waals surface area contributed by atoms with Crippen LogP contribution in [0.15, 0.2) is 0 Å². The van der Waals surface area contributed by atoms with Gasteiger partial charge in [-0.1, -0.05) is 20.3 Å². The third-order valence-corrected chi connectivity index (χ3v) is 2.59. The first-order valence-electron chi connectivity index (χ1n) is 4.57. The monoisotopic (exact) mass is 141 g/mol. The van der Waals surface area contributed by atoms with Gasteiger partial charge in [-0.2, -0.15) is 0 Å². The molecule has 1 aliphatic carbocycles. The summed E-state index contributed by atoms with van der Waals surface area (Å²) in [4.78, 5) is 0. The second-order valence-corrected chi connectivity index (χ2v) is 3.42. The minimum atomic E-state index is 1.00. The highest BCUT2D eigenvalue weighted by atomic mass is 14.8. The van der Waals surface area contributed by atoms with E-state index in [1.54, 1.807) is 0 Å². The van der Waals surface area contributed by atoms with E-state index in [0.29, 0.717) is 0 Å². The van der Waals surface area contributed by atoms with Crippen LogP contribution in [0.3, 0.4) is 0 Å². The normalized spacial score (nSPS) is 31.8. The van der Waals surface area contributed by atoms with Crippen molar-refractivity contribution in [3.05, 3.63) is 0 Å². The SMILES string of the molecule is CCNCC1CC(CC)C1. The molecular weight excluding hydrogens is 122 g/mol. The van der Waals surface area contributed by atoms with E-state index in [2.05, 4.69) is 19.2 Å². The summed E-state index contributed by atoms with van der Waals surface area (Å²) in [6, 6.07) is 0. The van der Waals surface area contributed by atoms with Crippen LogP contribution in [0, 0.1) is 11.8 Å². The highest BCUT2D eigenvalue weighted by Crippen LogP contribution is 2.34. The van der Waals surface area contributed by atoms with Gasteiger partial charge in [0.25, 0.3) is 0 Å². The van der Waals surface area contributed by atoms with Gasteiger partial charge in [0.05, 0.1) is 0 Å². The van der Waals surface area contributed by atoms with Crippen molar-refractivity contribution in [1.29, 1.82) is 0 Å². The molecule has 0 aromatic carbocycles. The predicted octanol–water partition coefficient (Wildman–Crippen LogP) is 2.03. The highest BCUT2D eigenvalue weighted by molar-refractivity contribution is 4.79. The van der Waals surface area contributed by atoms with E-state index >= 15 is 0 Å². The quantitative estimate of drug-likeness (QED) is 0.631.